The standard InChI is InChI=1S/C23H25ClN4O2/c1-15(2)12-22(29)27-19(16-8-10-17(24)11-9-16)13-20(28-23(27)25-14-26-28)18-6-4-5-7-21(18)30-3/h4-11,14-15,19-20H,12-13H2,1-3H3/t19-,20-/m1/s1. The molecule has 1 aromatic heterocycles. The number of hydrogen-bond acceptors (Lipinski definition) is 4. The van der Waals surface area contributed by atoms with Gasteiger partial charge in [-0.2, -0.15) is 10.1 Å². The van der Waals surface area contributed by atoms with Crippen LogP contribution in [-0.2, 0) is 4.79 Å². The lowest BCUT2D eigenvalue weighted by molar-refractivity contribution is -0.120. The molecule has 0 unspecified atom stereocenters. The molecule has 2 atom stereocenters. The predicted molar refractivity (Wildman–Crippen MR) is 117 cm³/mol. The number of para-hydroxylation sites is 1. The Bertz CT molecular complexity index is 1030. The molecule has 0 saturated carbocycles. The number of rotatable bonds is 5. The van der Waals surface area contributed by atoms with Gasteiger partial charge < -0.3 is 4.74 Å². The smallest absolute Gasteiger partial charge is 0.231 e. The van der Waals surface area contributed by atoms with Crippen LogP contribution < -0.4 is 9.64 Å². The average Bonchev–Trinajstić information content (AvgIpc) is 3.22. The number of aromatic nitrogens is 3. The first-order valence-corrected chi connectivity index (χ1v) is 10.5. The Balaban J connectivity index is 1.84. The zero-order valence-electron chi connectivity index (χ0n) is 17.3. The molecule has 1 aliphatic heterocycles. The third kappa shape index (κ3) is 3.79. The Labute approximate surface area is 181 Å². The van der Waals surface area contributed by atoms with Crippen LogP contribution in [0.2, 0.25) is 5.02 Å². The maximum atomic E-state index is 13.3. The first-order valence-electron chi connectivity index (χ1n) is 10.1. The van der Waals surface area contributed by atoms with E-state index in [-0.39, 0.29) is 23.9 Å². The zero-order valence-corrected chi connectivity index (χ0v) is 18.1. The number of ether oxygens (including phenoxy) is 1. The third-order valence-electron chi connectivity index (χ3n) is 5.43. The van der Waals surface area contributed by atoms with Crippen molar-refractivity contribution in [3.63, 3.8) is 0 Å². The lowest BCUT2D eigenvalue weighted by atomic mass is 9.91. The summed E-state index contributed by atoms with van der Waals surface area (Å²) >= 11 is 6.12. The number of hydrogen-bond donors (Lipinski definition) is 0. The summed E-state index contributed by atoms with van der Waals surface area (Å²) < 4.78 is 7.45. The molecule has 6 nitrogen and oxygen atoms in total. The fraction of sp³-hybridized carbons (Fsp3) is 0.348. The molecular formula is C23H25ClN4O2. The summed E-state index contributed by atoms with van der Waals surface area (Å²) in [5, 5.41) is 5.14. The number of fused-ring (bicyclic) bond motifs is 1. The van der Waals surface area contributed by atoms with Crippen LogP contribution in [0.4, 0.5) is 5.95 Å². The van der Waals surface area contributed by atoms with E-state index < -0.39 is 0 Å². The highest BCUT2D eigenvalue weighted by atomic mass is 35.5. The van der Waals surface area contributed by atoms with Crippen molar-refractivity contribution in [3.05, 3.63) is 71.0 Å². The van der Waals surface area contributed by atoms with E-state index in [9.17, 15) is 4.79 Å². The van der Waals surface area contributed by atoms with E-state index in [1.54, 1.807) is 12.0 Å². The highest BCUT2D eigenvalue weighted by molar-refractivity contribution is 6.30. The highest BCUT2D eigenvalue weighted by Gasteiger charge is 2.40. The van der Waals surface area contributed by atoms with Crippen molar-refractivity contribution >= 4 is 23.5 Å². The lowest BCUT2D eigenvalue weighted by Gasteiger charge is -2.39. The predicted octanol–water partition coefficient (Wildman–Crippen LogP) is 5.05. The number of anilines is 1. The van der Waals surface area contributed by atoms with Crippen molar-refractivity contribution in [3.8, 4) is 5.75 Å². The third-order valence-corrected chi connectivity index (χ3v) is 5.68. The largest absolute Gasteiger partial charge is 0.496 e. The average molecular weight is 425 g/mol. The first kappa shape index (κ1) is 20.4. The van der Waals surface area contributed by atoms with E-state index in [4.69, 9.17) is 16.3 Å². The number of methoxy groups -OCH3 is 1. The Morgan fingerprint density at radius 3 is 2.60 bits per heavy atom. The van der Waals surface area contributed by atoms with Gasteiger partial charge in [-0.15, -0.1) is 0 Å². The molecule has 0 spiro atoms. The minimum absolute atomic E-state index is 0.0395. The van der Waals surface area contributed by atoms with Crippen molar-refractivity contribution in [1.82, 2.24) is 14.8 Å². The van der Waals surface area contributed by atoms with Crippen LogP contribution in [0.25, 0.3) is 0 Å². The zero-order chi connectivity index (χ0) is 21.3. The fourth-order valence-electron chi connectivity index (χ4n) is 4.10. The van der Waals surface area contributed by atoms with Crippen molar-refractivity contribution in [2.24, 2.45) is 5.92 Å². The van der Waals surface area contributed by atoms with Crippen molar-refractivity contribution in [2.45, 2.75) is 38.8 Å². The molecule has 1 amide bonds. The van der Waals surface area contributed by atoms with Crippen LogP contribution >= 0.6 is 11.6 Å². The van der Waals surface area contributed by atoms with E-state index in [1.165, 1.54) is 6.33 Å². The van der Waals surface area contributed by atoms with Gasteiger partial charge in [0.1, 0.15) is 12.1 Å². The number of halogens is 1. The molecule has 156 valence electrons. The van der Waals surface area contributed by atoms with Crippen LogP contribution in [-0.4, -0.2) is 27.8 Å². The van der Waals surface area contributed by atoms with Crippen molar-refractivity contribution in [1.29, 1.82) is 0 Å². The Hall–Kier alpha value is -2.86. The second kappa shape index (κ2) is 8.48. The van der Waals surface area contributed by atoms with Gasteiger partial charge in [0.15, 0.2) is 0 Å². The van der Waals surface area contributed by atoms with Crippen molar-refractivity contribution < 1.29 is 9.53 Å². The lowest BCUT2D eigenvalue weighted by Crippen LogP contribution is -2.43. The summed E-state index contributed by atoms with van der Waals surface area (Å²) in [6.07, 6.45) is 2.61. The van der Waals surface area contributed by atoms with Gasteiger partial charge in [-0.05, 0) is 36.1 Å². The van der Waals surface area contributed by atoms with E-state index in [0.29, 0.717) is 23.8 Å². The van der Waals surface area contributed by atoms with Crippen LogP contribution in [0, 0.1) is 5.92 Å². The molecule has 30 heavy (non-hydrogen) atoms. The molecule has 2 aromatic carbocycles. The van der Waals surface area contributed by atoms with Gasteiger partial charge in [0.05, 0.1) is 19.2 Å². The minimum atomic E-state index is -0.180. The molecule has 0 fully saturated rings. The number of carbonyl (C=O) groups excluding carboxylic acids is 1. The summed E-state index contributed by atoms with van der Waals surface area (Å²) in [7, 11) is 1.67. The Morgan fingerprint density at radius 2 is 1.90 bits per heavy atom. The molecular weight excluding hydrogens is 400 g/mol. The summed E-state index contributed by atoms with van der Waals surface area (Å²) in [4.78, 5) is 19.6. The molecule has 0 saturated heterocycles. The maximum Gasteiger partial charge on any atom is 0.231 e. The Morgan fingerprint density at radius 1 is 1.17 bits per heavy atom. The number of carbonyl (C=O) groups is 1. The van der Waals surface area contributed by atoms with Crippen molar-refractivity contribution in [2.75, 3.05) is 12.0 Å². The monoisotopic (exact) mass is 424 g/mol. The molecule has 1 aliphatic rings. The fourth-order valence-corrected chi connectivity index (χ4v) is 4.22. The molecule has 3 aromatic rings. The Kier molecular flexibility index (Phi) is 5.77. The summed E-state index contributed by atoms with van der Waals surface area (Å²) in [5.74, 6) is 1.63. The van der Waals surface area contributed by atoms with Gasteiger partial charge in [-0.3, -0.25) is 9.69 Å². The van der Waals surface area contributed by atoms with E-state index >= 15 is 0 Å². The number of amides is 1. The van der Waals surface area contributed by atoms with E-state index in [2.05, 4.69) is 10.1 Å². The van der Waals surface area contributed by atoms with E-state index in [0.717, 1.165) is 16.9 Å². The molecule has 0 N–H and O–H groups in total. The molecule has 0 aliphatic carbocycles. The van der Waals surface area contributed by atoms with Crippen LogP contribution in [0.3, 0.4) is 0 Å². The topological polar surface area (TPSA) is 60.2 Å². The highest BCUT2D eigenvalue weighted by Crippen LogP contribution is 2.44. The molecule has 7 heteroatoms. The van der Waals surface area contributed by atoms with Gasteiger partial charge in [0, 0.05) is 17.0 Å². The number of nitrogens with zero attached hydrogens (tertiary/aromatic N) is 4. The first-order chi connectivity index (χ1) is 14.5. The SMILES string of the molecule is COc1ccccc1[C@H]1C[C@H](c2ccc(Cl)cc2)N(C(=O)CC(C)C)c2ncnn21. The maximum absolute atomic E-state index is 13.3. The molecule has 2 heterocycles. The summed E-state index contributed by atoms with van der Waals surface area (Å²) in [5.41, 5.74) is 2.03. The van der Waals surface area contributed by atoms with Gasteiger partial charge >= 0.3 is 0 Å². The second-order valence-electron chi connectivity index (χ2n) is 7.93. The molecule has 0 radical (unpaired) electrons. The quantitative estimate of drug-likeness (QED) is 0.574. The molecule has 4 rings (SSSR count). The van der Waals surface area contributed by atoms with Gasteiger partial charge in [-0.25, -0.2) is 4.68 Å². The van der Waals surface area contributed by atoms with E-state index in [1.807, 2.05) is 67.1 Å². The minimum Gasteiger partial charge on any atom is -0.496 e. The van der Waals surface area contributed by atoms with Crippen LogP contribution in [0.15, 0.2) is 54.9 Å². The summed E-state index contributed by atoms with van der Waals surface area (Å²) in [6.45, 7) is 4.09. The number of benzene rings is 2. The summed E-state index contributed by atoms with van der Waals surface area (Å²) in [6, 6.07) is 15.3. The molecule has 0 bridgehead atoms. The van der Waals surface area contributed by atoms with Crippen LogP contribution in [0.5, 0.6) is 5.75 Å². The van der Waals surface area contributed by atoms with Gasteiger partial charge in [0.2, 0.25) is 11.9 Å². The van der Waals surface area contributed by atoms with Gasteiger partial charge in [0.25, 0.3) is 0 Å². The van der Waals surface area contributed by atoms with Gasteiger partial charge in [-0.1, -0.05) is 55.8 Å². The van der Waals surface area contributed by atoms with Crippen LogP contribution in [0.1, 0.15) is 49.9 Å². The normalized spacial score (nSPS) is 18.4. The second-order valence-corrected chi connectivity index (χ2v) is 8.36.